The van der Waals surface area contributed by atoms with Gasteiger partial charge in [0, 0.05) is 13.5 Å². The minimum atomic E-state index is -0.518. The monoisotopic (exact) mass is 338 g/mol. The summed E-state index contributed by atoms with van der Waals surface area (Å²) in [7, 11) is 1.87. The third-order valence-electron chi connectivity index (χ3n) is 6.89. The minimum absolute atomic E-state index is 0.0997. The number of carbonyl (C=O) groups is 1. The molecule has 24 heavy (non-hydrogen) atoms. The fraction of sp³-hybridized carbons (Fsp3) is 0.950. The van der Waals surface area contributed by atoms with Crippen LogP contribution < -0.4 is 0 Å². The molecule has 4 heteroatoms. The summed E-state index contributed by atoms with van der Waals surface area (Å²) >= 11 is 0. The van der Waals surface area contributed by atoms with E-state index in [1.54, 1.807) is 0 Å². The molecule has 1 saturated heterocycles. The lowest BCUT2D eigenvalue weighted by molar-refractivity contribution is -0.161. The van der Waals surface area contributed by atoms with E-state index in [-0.39, 0.29) is 18.5 Å². The van der Waals surface area contributed by atoms with E-state index in [4.69, 9.17) is 9.47 Å². The average molecular weight is 338 g/mol. The normalized spacial score (nSPS) is 46.2. The summed E-state index contributed by atoms with van der Waals surface area (Å²) in [6.45, 7) is 4.74. The van der Waals surface area contributed by atoms with Gasteiger partial charge in [0.1, 0.15) is 6.10 Å². The number of aliphatic hydroxyl groups is 1. The van der Waals surface area contributed by atoms with Crippen LogP contribution in [0, 0.1) is 29.6 Å². The molecule has 1 heterocycles. The molecule has 0 bridgehead atoms. The first-order valence-electron chi connectivity index (χ1n) is 9.88. The van der Waals surface area contributed by atoms with E-state index < -0.39 is 6.10 Å². The fourth-order valence-electron chi connectivity index (χ4n) is 5.78. The minimum Gasteiger partial charge on any atom is -0.462 e. The molecule has 0 aromatic heterocycles. The van der Waals surface area contributed by atoms with Gasteiger partial charge in [-0.3, -0.25) is 4.79 Å². The van der Waals surface area contributed by atoms with Crippen LogP contribution in [0.2, 0.25) is 0 Å². The number of aliphatic hydroxyl groups excluding tert-OH is 1. The van der Waals surface area contributed by atoms with Gasteiger partial charge in [-0.05, 0) is 61.7 Å². The van der Waals surface area contributed by atoms with Crippen LogP contribution in [0.1, 0.15) is 65.2 Å². The zero-order chi connectivity index (χ0) is 17.3. The third kappa shape index (κ3) is 3.96. The summed E-state index contributed by atoms with van der Waals surface area (Å²) in [6, 6.07) is 0. The molecule has 3 rings (SSSR count). The molecule has 0 amide bonds. The van der Waals surface area contributed by atoms with Crippen molar-refractivity contribution in [2.24, 2.45) is 29.6 Å². The number of carbonyl (C=O) groups excluding carboxylic acids is 1. The first-order valence-corrected chi connectivity index (χ1v) is 9.88. The number of hydrogen-bond acceptors (Lipinski definition) is 4. The summed E-state index contributed by atoms with van der Waals surface area (Å²) in [5.74, 6) is 3.33. The van der Waals surface area contributed by atoms with Crippen molar-refractivity contribution < 1.29 is 19.4 Å². The average Bonchev–Trinajstić information content (AvgIpc) is 2.52. The fourth-order valence-corrected chi connectivity index (χ4v) is 5.78. The largest absolute Gasteiger partial charge is 0.462 e. The van der Waals surface area contributed by atoms with Crippen LogP contribution in [0.25, 0.3) is 0 Å². The molecule has 0 radical (unpaired) electrons. The molecular weight excluding hydrogens is 304 g/mol. The van der Waals surface area contributed by atoms with Crippen LogP contribution >= 0.6 is 0 Å². The Morgan fingerprint density at radius 1 is 1.17 bits per heavy atom. The van der Waals surface area contributed by atoms with Crippen molar-refractivity contribution in [1.82, 2.24) is 0 Å². The Kier molecular flexibility index (Phi) is 5.86. The summed E-state index contributed by atoms with van der Waals surface area (Å²) in [4.78, 5) is 11.6. The number of fused-ring (bicyclic) bond motifs is 1. The van der Waals surface area contributed by atoms with Gasteiger partial charge in [0.15, 0.2) is 0 Å². The van der Waals surface area contributed by atoms with Gasteiger partial charge in [-0.25, -0.2) is 0 Å². The van der Waals surface area contributed by atoms with Gasteiger partial charge in [-0.1, -0.05) is 20.3 Å². The number of methoxy groups -OCH3 is 1. The Bertz CT molecular complexity index is 429. The van der Waals surface area contributed by atoms with Crippen molar-refractivity contribution in [3.8, 4) is 0 Å². The second kappa shape index (κ2) is 7.74. The zero-order valence-corrected chi connectivity index (χ0v) is 15.4. The third-order valence-corrected chi connectivity index (χ3v) is 6.89. The number of rotatable bonds is 4. The lowest BCUT2D eigenvalue weighted by Gasteiger charge is -2.50. The molecule has 0 aromatic rings. The quantitative estimate of drug-likeness (QED) is 0.796. The van der Waals surface area contributed by atoms with E-state index in [9.17, 15) is 9.90 Å². The van der Waals surface area contributed by atoms with Gasteiger partial charge in [0.05, 0.1) is 18.6 Å². The van der Waals surface area contributed by atoms with Crippen molar-refractivity contribution in [2.75, 3.05) is 7.11 Å². The second-order valence-corrected chi connectivity index (χ2v) is 8.69. The second-order valence-electron chi connectivity index (χ2n) is 8.69. The lowest BCUT2D eigenvalue weighted by Crippen LogP contribution is -2.46. The number of cyclic esters (lactones) is 1. The van der Waals surface area contributed by atoms with Gasteiger partial charge in [0.2, 0.25) is 0 Å². The van der Waals surface area contributed by atoms with E-state index in [0.717, 1.165) is 24.7 Å². The summed E-state index contributed by atoms with van der Waals surface area (Å²) in [6.07, 6.45) is 7.65. The number of ether oxygens (including phenoxy) is 2. The highest BCUT2D eigenvalue weighted by atomic mass is 16.5. The van der Waals surface area contributed by atoms with Crippen LogP contribution in [-0.2, 0) is 14.3 Å². The van der Waals surface area contributed by atoms with Gasteiger partial charge in [-0.2, -0.15) is 0 Å². The van der Waals surface area contributed by atoms with Crippen LogP contribution in [0.4, 0.5) is 0 Å². The van der Waals surface area contributed by atoms with Crippen molar-refractivity contribution in [3.05, 3.63) is 0 Å². The molecule has 3 fully saturated rings. The molecule has 2 aliphatic carbocycles. The highest BCUT2D eigenvalue weighted by Gasteiger charge is 2.45. The molecule has 1 unspecified atom stereocenters. The molecule has 1 N–H and O–H groups in total. The van der Waals surface area contributed by atoms with Crippen LogP contribution in [0.3, 0.4) is 0 Å². The predicted octanol–water partition coefficient (Wildman–Crippen LogP) is 3.56. The smallest absolute Gasteiger partial charge is 0.308 e. The summed E-state index contributed by atoms with van der Waals surface area (Å²) < 4.78 is 11.4. The zero-order valence-electron chi connectivity index (χ0n) is 15.4. The van der Waals surface area contributed by atoms with E-state index in [0.29, 0.717) is 30.3 Å². The van der Waals surface area contributed by atoms with Crippen LogP contribution in [-0.4, -0.2) is 36.5 Å². The molecule has 2 saturated carbocycles. The van der Waals surface area contributed by atoms with Crippen molar-refractivity contribution in [1.29, 1.82) is 0 Å². The Morgan fingerprint density at radius 2 is 1.96 bits per heavy atom. The molecule has 138 valence electrons. The maximum atomic E-state index is 11.6. The standard InChI is InChI=1S/C20H34O4/c1-12-8-14-5-4-13(2)17(20(14)18(9-12)23-3)7-6-16-10-15(21)11-19(22)24-16/h12-18,20-21H,4-11H2,1-3H3/t12-,13-,14?,15+,16+,17-,18-,20-/m0/s1. The molecule has 4 nitrogen and oxygen atoms in total. The van der Waals surface area contributed by atoms with Crippen molar-refractivity contribution in [2.45, 2.75) is 83.5 Å². The highest BCUT2D eigenvalue weighted by molar-refractivity contribution is 5.70. The lowest BCUT2D eigenvalue weighted by atomic mass is 9.58. The van der Waals surface area contributed by atoms with Crippen LogP contribution in [0.15, 0.2) is 0 Å². The van der Waals surface area contributed by atoms with E-state index in [1.165, 1.54) is 25.7 Å². The van der Waals surface area contributed by atoms with Crippen LogP contribution in [0.5, 0.6) is 0 Å². The molecule has 3 aliphatic rings. The van der Waals surface area contributed by atoms with E-state index >= 15 is 0 Å². The Hall–Kier alpha value is -0.610. The molecule has 0 aromatic carbocycles. The SMILES string of the molecule is CO[C@H]1C[C@@H](C)CC2CC[C@H](C)[C@H](CC[C@@H]3C[C@@H](O)CC(=O)O3)[C@H]21. The van der Waals surface area contributed by atoms with Gasteiger partial charge < -0.3 is 14.6 Å². The first kappa shape index (κ1) is 18.2. The first-order chi connectivity index (χ1) is 11.5. The topological polar surface area (TPSA) is 55.8 Å². The molecule has 1 aliphatic heterocycles. The maximum absolute atomic E-state index is 11.6. The number of esters is 1. The van der Waals surface area contributed by atoms with E-state index in [2.05, 4.69) is 13.8 Å². The van der Waals surface area contributed by atoms with E-state index in [1.807, 2.05) is 7.11 Å². The maximum Gasteiger partial charge on any atom is 0.308 e. The van der Waals surface area contributed by atoms with Gasteiger partial charge >= 0.3 is 5.97 Å². The summed E-state index contributed by atoms with van der Waals surface area (Å²) in [5.41, 5.74) is 0. The Labute approximate surface area is 146 Å². The summed E-state index contributed by atoms with van der Waals surface area (Å²) in [5, 5.41) is 9.81. The predicted molar refractivity (Wildman–Crippen MR) is 92.4 cm³/mol. The van der Waals surface area contributed by atoms with Crippen molar-refractivity contribution >= 4 is 5.97 Å². The Balaban J connectivity index is 1.64. The highest BCUT2D eigenvalue weighted by Crippen LogP contribution is 2.50. The van der Waals surface area contributed by atoms with Gasteiger partial charge in [0.25, 0.3) is 0 Å². The van der Waals surface area contributed by atoms with Crippen molar-refractivity contribution in [3.63, 3.8) is 0 Å². The number of hydrogen-bond donors (Lipinski definition) is 1. The van der Waals surface area contributed by atoms with Gasteiger partial charge in [-0.15, -0.1) is 0 Å². The Morgan fingerprint density at radius 3 is 2.67 bits per heavy atom. The molecule has 0 spiro atoms. The molecule has 8 atom stereocenters. The molecular formula is C20H34O4.